The van der Waals surface area contributed by atoms with Gasteiger partial charge in [-0.1, -0.05) is 12.1 Å². The van der Waals surface area contributed by atoms with Crippen molar-refractivity contribution in [2.45, 2.75) is 19.6 Å². The first kappa shape index (κ1) is 19.5. The minimum Gasteiger partial charge on any atom is -0.370 e. The third-order valence-corrected chi connectivity index (χ3v) is 6.23. The Hall–Kier alpha value is -2.26. The first-order valence-electron chi connectivity index (χ1n) is 8.94. The van der Waals surface area contributed by atoms with Gasteiger partial charge in [-0.25, -0.2) is 17.8 Å². The van der Waals surface area contributed by atoms with Gasteiger partial charge in [0.15, 0.2) is 0 Å². The maximum Gasteiger partial charge on any atom is 0.227 e. The van der Waals surface area contributed by atoms with Crippen LogP contribution in [0.4, 0.5) is 16.2 Å². The summed E-state index contributed by atoms with van der Waals surface area (Å²) in [5, 5.41) is 3.18. The molecule has 7 nitrogen and oxygen atoms in total. The fourth-order valence-electron chi connectivity index (χ4n) is 3.01. The van der Waals surface area contributed by atoms with E-state index in [0.29, 0.717) is 37.7 Å². The molecule has 2 aromatic rings. The zero-order valence-electron chi connectivity index (χ0n) is 15.5. The third-order valence-electron chi connectivity index (χ3n) is 4.38. The Bertz CT molecular complexity index is 881. The van der Waals surface area contributed by atoms with Crippen molar-refractivity contribution in [1.29, 1.82) is 0 Å². The largest absolute Gasteiger partial charge is 0.370 e. The molecule has 0 radical (unpaired) electrons. The molecule has 0 unspecified atom stereocenters. The molecule has 27 heavy (non-hydrogen) atoms. The summed E-state index contributed by atoms with van der Waals surface area (Å²) < 4.78 is 39.8. The lowest BCUT2D eigenvalue weighted by atomic mass is 10.2. The van der Waals surface area contributed by atoms with Crippen LogP contribution in [0.2, 0.25) is 0 Å². The number of aryl methyl sites for hydroxylation is 1. The predicted molar refractivity (Wildman–Crippen MR) is 104 cm³/mol. The SMILES string of the molecule is CCNc1cc(C)nc(N2CCN(S(=O)(=O)Cc3ccc(F)cc3)CC2)n1. The Labute approximate surface area is 159 Å². The number of benzene rings is 1. The average molecular weight is 393 g/mol. The summed E-state index contributed by atoms with van der Waals surface area (Å²) >= 11 is 0. The van der Waals surface area contributed by atoms with Crippen LogP contribution in [0, 0.1) is 12.7 Å². The van der Waals surface area contributed by atoms with Crippen LogP contribution in [-0.2, 0) is 15.8 Å². The quantitative estimate of drug-likeness (QED) is 0.809. The van der Waals surface area contributed by atoms with E-state index in [2.05, 4.69) is 15.3 Å². The summed E-state index contributed by atoms with van der Waals surface area (Å²) in [6.07, 6.45) is 0. The topological polar surface area (TPSA) is 78.4 Å². The Morgan fingerprint density at radius 2 is 1.78 bits per heavy atom. The molecule has 9 heteroatoms. The van der Waals surface area contributed by atoms with E-state index in [-0.39, 0.29) is 11.6 Å². The van der Waals surface area contributed by atoms with E-state index in [4.69, 9.17) is 0 Å². The van der Waals surface area contributed by atoms with Crippen molar-refractivity contribution in [3.63, 3.8) is 0 Å². The molecular weight excluding hydrogens is 369 g/mol. The van der Waals surface area contributed by atoms with E-state index < -0.39 is 10.0 Å². The molecule has 146 valence electrons. The molecule has 1 aliphatic heterocycles. The van der Waals surface area contributed by atoms with Gasteiger partial charge in [-0.3, -0.25) is 0 Å². The lowest BCUT2D eigenvalue weighted by Crippen LogP contribution is -2.49. The van der Waals surface area contributed by atoms with Gasteiger partial charge in [0.2, 0.25) is 16.0 Å². The van der Waals surface area contributed by atoms with E-state index in [1.807, 2.05) is 24.8 Å². The highest BCUT2D eigenvalue weighted by Gasteiger charge is 2.28. The van der Waals surface area contributed by atoms with E-state index in [9.17, 15) is 12.8 Å². The second-order valence-corrected chi connectivity index (χ2v) is 8.46. The van der Waals surface area contributed by atoms with Crippen molar-refractivity contribution in [2.24, 2.45) is 0 Å². The van der Waals surface area contributed by atoms with Crippen molar-refractivity contribution in [3.8, 4) is 0 Å². The van der Waals surface area contributed by atoms with E-state index in [1.54, 1.807) is 0 Å². The number of hydrogen-bond acceptors (Lipinski definition) is 6. The van der Waals surface area contributed by atoms with Gasteiger partial charge in [0, 0.05) is 44.5 Å². The first-order valence-corrected chi connectivity index (χ1v) is 10.5. The molecule has 1 saturated heterocycles. The molecule has 1 aromatic heterocycles. The summed E-state index contributed by atoms with van der Waals surface area (Å²) in [6, 6.07) is 7.45. The van der Waals surface area contributed by atoms with Crippen LogP contribution in [0.25, 0.3) is 0 Å². The number of hydrogen-bond donors (Lipinski definition) is 1. The summed E-state index contributed by atoms with van der Waals surface area (Å²) in [5.74, 6) is 0.881. The number of aromatic nitrogens is 2. The molecule has 3 rings (SSSR count). The predicted octanol–water partition coefficient (Wildman–Crippen LogP) is 2.01. The molecule has 1 N–H and O–H groups in total. The van der Waals surface area contributed by atoms with Crippen molar-refractivity contribution in [1.82, 2.24) is 14.3 Å². The van der Waals surface area contributed by atoms with Gasteiger partial charge in [0.1, 0.15) is 11.6 Å². The van der Waals surface area contributed by atoms with Crippen LogP contribution in [-0.4, -0.2) is 55.4 Å². The minimum atomic E-state index is -3.45. The molecular formula is C18H24FN5O2S. The van der Waals surface area contributed by atoms with Crippen LogP contribution in [0.15, 0.2) is 30.3 Å². The Morgan fingerprint density at radius 1 is 1.11 bits per heavy atom. The van der Waals surface area contributed by atoms with Crippen LogP contribution >= 0.6 is 0 Å². The van der Waals surface area contributed by atoms with Crippen LogP contribution in [0.5, 0.6) is 0 Å². The number of nitrogens with one attached hydrogen (secondary N) is 1. The number of halogens is 1. The molecule has 0 bridgehead atoms. The van der Waals surface area contributed by atoms with E-state index in [0.717, 1.165) is 18.1 Å². The molecule has 0 saturated carbocycles. The van der Waals surface area contributed by atoms with Crippen molar-refractivity contribution in [2.75, 3.05) is 42.9 Å². The van der Waals surface area contributed by atoms with Crippen LogP contribution < -0.4 is 10.2 Å². The highest BCUT2D eigenvalue weighted by molar-refractivity contribution is 7.88. The van der Waals surface area contributed by atoms with E-state index in [1.165, 1.54) is 28.6 Å². The van der Waals surface area contributed by atoms with Crippen molar-refractivity contribution >= 4 is 21.8 Å². The van der Waals surface area contributed by atoms with Gasteiger partial charge < -0.3 is 10.2 Å². The third kappa shape index (κ3) is 4.92. The van der Waals surface area contributed by atoms with Gasteiger partial charge in [0.25, 0.3) is 0 Å². The molecule has 1 aliphatic rings. The lowest BCUT2D eigenvalue weighted by molar-refractivity contribution is 0.382. The van der Waals surface area contributed by atoms with Crippen molar-refractivity contribution < 1.29 is 12.8 Å². The van der Waals surface area contributed by atoms with Gasteiger partial charge in [-0.05, 0) is 31.5 Å². The van der Waals surface area contributed by atoms with Gasteiger partial charge in [-0.15, -0.1) is 0 Å². The molecule has 0 aliphatic carbocycles. The smallest absolute Gasteiger partial charge is 0.227 e. The summed E-state index contributed by atoms with van der Waals surface area (Å²) in [5.41, 5.74) is 1.44. The van der Waals surface area contributed by atoms with Crippen LogP contribution in [0.3, 0.4) is 0 Å². The van der Waals surface area contributed by atoms with Gasteiger partial charge >= 0.3 is 0 Å². The van der Waals surface area contributed by atoms with E-state index >= 15 is 0 Å². The molecule has 1 fully saturated rings. The number of sulfonamides is 1. The van der Waals surface area contributed by atoms with Crippen molar-refractivity contribution in [3.05, 3.63) is 47.4 Å². The minimum absolute atomic E-state index is 0.126. The molecule has 1 aromatic carbocycles. The normalized spacial score (nSPS) is 15.7. The summed E-state index contributed by atoms with van der Waals surface area (Å²) in [6.45, 7) is 6.48. The number of rotatable bonds is 6. The fraction of sp³-hybridized carbons (Fsp3) is 0.444. The molecule has 2 heterocycles. The summed E-state index contributed by atoms with van der Waals surface area (Å²) in [7, 11) is -3.45. The maximum atomic E-state index is 13.0. The Morgan fingerprint density at radius 3 is 2.41 bits per heavy atom. The highest BCUT2D eigenvalue weighted by atomic mass is 32.2. The zero-order chi connectivity index (χ0) is 19.4. The Balaban J connectivity index is 1.65. The van der Waals surface area contributed by atoms with Gasteiger partial charge in [-0.2, -0.15) is 9.29 Å². The highest BCUT2D eigenvalue weighted by Crippen LogP contribution is 2.18. The molecule has 0 amide bonds. The second-order valence-electron chi connectivity index (χ2n) is 6.49. The van der Waals surface area contributed by atoms with Gasteiger partial charge in [0.05, 0.1) is 5.75 Å². The first-order chi connectivity index (χ1) is 12.9. The molecule has 0 atom stereocenters. The summed E-state index contributed by atoms with van der Waals surface area (Å²) in [4.78, 5) is 11.0. The fourth-order valence-corrected chi connectivity index (χ4v) is 4.53. The average Bonchev–Trinajstić information content (AvgIpc) is 2.63. The molecule has 0 spiro atoms. The zero-order valence-corrected chi connectivity index (χ0v) is 16.3. The lowest BCUT2D eigenvalue weighted by Gasteiger charge is -2.34. The van der Waals surface area contributed by atoms with Crippen LogP contribution in [0.1, 0.15) is 18.2 Å². The number of anilines is 2. The number of nitrogens with zero attached hydrogens (tertiary/aromatic N) is 4. The second kappa shape index (κ2) is 8.18. The standard InChI is InChI=1S/C18H24FN5O2S/c1-3-20-17-12-14(2)21-18(22-17)23-8-10-24(11-9-23)27(25,26)13-15-4-6-16(19)7-5-15/h4-7,12H,3,8-11,13H2,1-2H3,(H,20,21,22). The monoisotopic (exact) mass is 393 g/mol. The number of piperazine rings is 1. The Kier molecular flexibility index (Phi) is 5.91. The maximum absolute atomic E-state index is 13.0.